The van der Waals surface area contributed by atoms with Crippen LogP contribution in [0.3, 0.4) is 0 Å². The molecule has 2 aliphatic carbocycles. The third-order valence-corrected chi connectivity index (χ3v) is 8.77. The topological polar surface area (TPSA) is 96.4 Å². The molecule has 3 aliphatic rings. The van der Waals surface area contributed by atoms with Crippen molar-refractivity contribution in [3.63, 3.8) is 0 Å². The minimum Gasteiger partial charge on any atom is -0.480 e. The number of aliphatic carboxylic acids is 1. The summed E-state index contributed by atoms with van der Waals surface area (Å²) in [4.78, 5) is 41.5. The molecule has 2 fully saturated rings. The number of fused-ring (bicyclic) bond motifs is 3. The number of nitrogens with zero attached hydrogens (tertiary/aromatic N) is 2. The maximum absolute atomic E-state index is 13.7. The van der Waals surface area contributed by atoms with Crippen LogP contribution in [-0.4, -0.2) is 70.9 Å². The Bertz CT molecular complexity index is 1210. The van der Waals surface area contributed by atoms with Crippen LogP contribution in [0.2, 0.25) is 0 Å². The number of carbonyl (C=O) groups is 3. The lowest BCUT2D eigenvalue weighted by Crippen LogP contribution is -2.58. The monoisotopic (exact) mass is 548 g/mol. The predicted molar refractivity (Wildman–Crippen MR) is 151 cm³/mol. The Hall–Kier alpha value is -3.55. The van der Waals surface area contributed by atoms with Crippen LogP contribution >= 0.6 is 0 Å². The molecule has 5 rings (SSSR count). The van der Waals surface area contributed by atoms with E-state index in [4.69, 9.17) is 9.47 Å². The van der Waals surface area contributed by atoms with Crippen molar-refractivity contribution in [3.8, 4) is 11.1 Å². The van der Waals surface area contributed by atoms with E-state index in [-0.39, 0.29) is 30.1 Å². The molecule has 8 nitrogen and oxygen atoms in total. The molecule has 2 amide bonds. The number of likely N-dealkylation sites (tertiary alicyclic amines) is 1. The van der Waals surface area contributed by atoms with Gasteiger partial charge >= 0.3 is 18.2 Å². The van der Waals surface area contributed by atoms with Crippen molar-refractivity contribution in [3.05, 3.63) is 59.7 Å². The van der Waals surface area contributed by atoms with E-state index in [1.54, 1.807) is 4.90 Å². The van der Waals surface area contributed by atoms with Crippen molar-refractivity contribution >= 4 is 18.2 Å². The maximum Gasteiger partial charge on any atom is 0.410 e. The highest BCUT2D eigenvalue weighted by atomic mass is 16.6. The van der Waals surface area contributed by atoms with Crippen LogP contribution in [0.5, 0.6) is 0 Å². The third kappa shape index (κ3) is 5.67. The summed E-state index contributed by atoms with van der Waals surface area (Å²) in [7, 11) is 0. The predicted octanol–water partition coefficient (Wildman–Crippen LogP) is 6.28. The molecule has 1 heterocycles. The SMILES string of the molecule is CC(C)(C)OC(=O)N1CCC2(CCCCC2N(CC(=O)O)C(=O)OCC2c3ccccc3-c3ccccc32)CC1. The molecular formula is C32H40N2O6. The van der Waals surface area contributed by atoms with Gasteiger partial charge in [0, 0.05) is 25.0 Å². The molecular weight excluding hydrogens is 508 g/mol. The molecule has 1 aliphatic heterocycles. The van der Waals surface area contributed by atoms with Crippen LogP contribution < -0.4 is 0 Å². The summed E-state index contributed by atoms with van der Waals surface area (Å²) >= 11 is 0. The molecule has 2 aromatic carbocycles. The molecule has 1 saturated carbocycles. The van der Waals surface area contributed by atoms with Gasteiger partial charge < -0.3 is 19.5 Å². The first-order valence-corrected chi connectivity index (χ1v) is 14.4. The molecule has 1 unspecified atom stereocenters. The Kier molecular flexibility index (Phi) is 7.80. The average molecular weight is 549 g/mol. The van der Waals surface area contributed by atoms with Crippen LogP contribution in [0, 0.1) is 5.41 Å². The summed E-state index contributed by atoms with van der Waals surface area (Å²) in [5, 5.41) is 9.79. The second-order valence-corrected chi connectivity index (χ2v) is 12.4. The zero-order valence-corrected chi connectivity index (χ0v) is 23.7. The fraction of sp³-hybridized carbons (Fsp3) is 0.531. The number of ether oxygens (including phenoxy) is 2. The Morgan fingerprint density at radius 2 is 1.55 bits per heavy atom. The molecule has 40 heavy (non-hydrogen) atoms. The molecule has 1 N–H and O–H groups in total. The minimum atomic E-state index is -1.06. The molecule has 8 heteroatoms. The van der Waals surface area contributed by atoms with Gasteiger partial charge in [0.2, 0.25) is 0 Å². The van der Waals surface area contributed by atoms with E-state index in [0.29, 0.717) is 25.9 Å². The smallest absolute Gasteiger partial charge is 0.410 e. The number of rotatable bonds is 5. The van der Waals surface area contributed by atoms with Gasteiger partial charge in [0.15, 0.2) is 0 Å². The number of carboxylic acid groups (broad SMARTS) is 1. The van der Waals surface area contributed by atoms with Crippen LogP contribution in [0.25, 0.3) is 11.1 Å². The molecule has 1 spiro atoms. The number of carboxylic acids is 1. The summed E-state index contributed by atoms with van der Waals surface area (Å²) in [5.74, 6) is -1.15. The number of benzene rings is 2. The number of hydrogen-bond donors (Lipinski definition) is 1. The van der Waals surface area contributed by atoms with Crippen molar-refractivity contribution in [1.82, 2.24) is 9.80 Å². The van der Waals surface area contributed by atoms with Gasteiger partial charge in [-0.2, -0.15) is 0 Å². The highest BCUT2D eigenvalue weighted by molar-refractivity contribution is 5.80. The Labute approximate surface area is 236 Å². The fourth-order valence-corrected chi connectivity index (χ4v) is 6.94. The molecule has 0 aromatic heterocycles. The maximum atomic E-state index is 13.7. The lowest BCUT2D eigenvalue weighted by atomic mass is 9.64. The highest BCUT2D eigenvalue weighted by Crippen LogP contribution is 2.48. The summed E-state index contributed by atoms with van der Waals surface area (Å²) in [5.41, 5.74) is 3.70. The van der Waals surface area contributed by atoms with E-state index in [1.807, 2.05) is 45.0 Å². The third-order valence-electron chi connectivity index (χ3n) is 8.77. The van der Waals surface area contributed by atoms with Crippen molar-refractivity contribution in [2.45, 2.75) is 76.9 Å². The number of amides is 2. The van der Waals surface area contributed by atoms with Gasteiger partial charge in [-0.3, -0.25) is 9.69 Å². The summed E-state index contributed by atoms with van der Waals surface area (Å²) in [6.45, 7) is 6.35. The zero-order chi connectivity index (χ0) is 28.5. The Morgan fingerprint density at radius 1 is 0.950 bits per heavy atom. The lowest BCUT2D eigenvalue weighted by Gasteiger charge is -2.52. The quantitative estimate of drug-likeness (QED) is 0.472. The molecule has 0 bridgehead atoms. The second-order valence-electron chi connectivity index (χ2n) is 12.4. The Morgan fingerprint density at radius 3 is 2.12 bits per heavy atom. The molecule has 2 aromatic rings. The molecule has 1 saturated heterocycles. The number of carbonyl (C=O) groups excluding carboxylic acids is 2. The van der Waals surface area contributed by atoms with Crippen LogP contribution in [-0.2, 0) is 14.3 Å². The van der Waals surface area contributed by atoms with E-state index in [1.165, 1.54) is 4.90 Å². The van der Waals surface area contributed by atoms with Gasteiger partial charge in [-0.1, -0.05) is 61.4 Å². The van der Waals surface area contributed by atoms with Gasteiger partial charge in [-0.05, 0) is 74.1 Å². The van der Waals surface area contributed by atoms with E-state index in [2.05, 4.69) is 24.3 Å². The van der Waals surface area contributed by atoms with Gasteiger partial charge in [-0.25, -0.2) is 9.59 Å². The number of hydrogen-bond acceptors (Lipinski definition) is 5. The summed E-state index contributed by atoms with van der Waals surface area (Å²) in [6.07, 6.45) is 4.06. The highest BCUT2D eigenvalue weighted by Gasteiger charge is 2.48. The largest absolute Gasteiger partial charge is 0.480 e. The van der Waals surface area contributed by atoms with Crippen LogP contribution in [0.4, 0.5) is 9.59 Å². The lowest BCUT2D eigenvalue weighted by molar-refractivity contribution is -0.140. The van der Waals surface area contributed by atoms with Crippen molar-refractivity contribution in [2.75, 3.05) is 26.2 Å². The van der Waals surface area contributed by atoms with Crippen molar-refractivity contribution < 1.29 is 29.0 Å². The summed E-state index contributed by atoms with van der Waals surface area (Å²) in [6, 6.07) is 16.1. The molecule has 0 radical (unpaired) electrons. The minimum absolute atomic E-state index is 0.0968. The van der Waals surface area contributed by atoms with Gasteiger partial charge in [0.1, 0.15) is 18.8 Å². The van der Waals surface area contributed by atoms with Gasteiger partial charge in [-0.15, -0.1) is 0 Å². The first kappa shape index (κ1) is 28.0. The van der Waals surface area contributed by atoms with E-state index < -0.39 is 24.2 Å². The molecule has 214 valence electrons. The van der Waals surface area contributed by atoms with E-state index >= 15 is 0 Å². The average Bonchev–Trinajstić information content (AvgIpc) is 3.24. The first-order valence-electron chi connectivity index (χ1n) is 14.4. The standard InChI is InChI=1S/C32H40N2O6/c1-31(2,3)40-29(37)33-18-16-32(17-19-33)15-9-8-14-27(32)34(20-28(35)36)30(38)39-21-26-24-12-6-4-10-22(24)23-11-5-7-13-25(23)26/h4-7,10-13,26-27H,8-9,14-21H2,1-3H3,(H,35,36). The van der Waals surface area contributed by atoms with E-state index in [9.17, 15) is 19.5 Å². The normalized spacial score (nSPS) is 20.0. The van der Waals surface area contributed by atoms with Crippen molar-refractivity contribution in [2.24, 2.45) is 5.41 Å². The second kappa shape index (κ2) is 11.1. The summed E-state index contributed by atoms with van der Waals surface area (Å²) < 4.78 is 11.5. The first-order chi connectivity index (χ1) is 19.1. The molecule has 1 atom stereocenters. The van der Waals surface area contributed by atoms with Gasteiger partial charge in [0.25, 0.3) is 0 Å². The Balaban J connectivity index is 1.32. The van der Waals surface area contributed by atoms with Crippen LogP contribution in [0.1, 0.15) is 76.3 Å². The van der Waals surface area contributed by atoms with E-state index in [0.717, 1.165) is 47.9 Å². The fourth-order valence-electron chi connectivity index (χ4n) is 6.94. The van der Waals surface area contributed by atoms with Crippen molar-refractivity contribution in [1.29, 1.82) is 0 Å². The number of piperidine rings is 1. The zero-order valence-electron chi connectivity index (χ0n) is 23.7. The van der Waals surface area contributed by atoms with Gasteiger partial charge in [0.05, 0.1) is 0 Å². The van der Waals surface area contributed by atoms with Crippen LogP contribution in [0.15, 0.2) is 48.5 Å².